The van der Waals surface area contributed by atoms with E-state index in [9.17, 15) is 0 Å². The van der Waals surface area contributed by atoms with Gasteiger partial charge in [-0.05, 0) is 24.6 Å². The van der Waals surface area contributed by atoms with Crippen LogP contribution in [0.3, 0.4) is 0 Å². The predicted octanol–water partition coefficient (Wildman–Crippen LogP) is 4.12. The highest BCUT2D eigenvalue weighted by Gasteiger charge is 2.00. The summed E-state index contributed by atoms with van der Waals surface area (Å²) >= 11 is 6.07. The molecular formula is C13H10Cl. The Balaban J connectivity index is 2.50. The molecule has 2 aromatic rings. The van der Waals surface area contributed by atoms with Crippen molar-refractivity contribution in [2.45, 2.75) is 6.92 Å². The summed E-state index contributed by atoms with van der Waals surface area (Å²) in [6.07, 6.45) is 0. The van der Waals surface area contributed by atoms with Gasteiger partial charge in [0.1, 0.15) is 0 Å². The van der Waals surface area contributed by atoms with Gasteiger partial charge in [0.25, 0.3) is 0 Å². The van der Waals surface area contributed by atoms with Crippen LogP contribution in [0.25, 0.3) is 11.1 Å². The summed E-state index contributed by atoms with van der Waals surface area (Å²) in [5, 5.41) is 0.747. The molecule has 0 atom stereocenters. The molecule has 0 saturated heterocycles. The van der Waals surface area contributed by atoms with Gasteiger partial charge >= 0.3 is 0 Å². The molecule has 0 nitrogen and oxygen atoms in total. The first kappa shape index (κ1) is 9.29. The summed E-state index contributed by atoms with van der Waals surface area (Å²) in [5.41, 5.74) is 3.47. The number of benzene rings is 2. The molecule has 0 aliphatic heterocycles. The zero-order valence-electron chi connectivity index (χ0n) is 7.92. The summed E-state index contributed by atoms with van der Waals surface area (Å²) < 4.78 is 0. The Labute approximate surface area is 89.2 Å². The quantitative estimate of drug-likeness (QED) is 0.651. The molecule has 0 aromatic heterocycles. The van der Waals surface area contributed by atoms with Gasteiger partial charge in [-0.25, -0.2) is 0 Å². The zero-order valence-corrected chi connectivity index (χ0v) is 8.68. The highest BCUT2D eigenvalue weighted by Crippen LogP contribution is 2.27. The Morgan fingerprint density at radius 1 is 1.07 bits per heavy atom. The number of aryl methyl sites for hydroxylation is 1. The largest absolute Gasteiger partial charge is 0.0836 e. The summed E-state index contributed by atoms with van der Waals surface area (Å²) in [5.74, 6) is 0. The second kappa shape index (κ2) is 3.85. The van der Waals surface area contributed by atoms with E-state index < -0.39 is 0 Å². The first-order chi connectivity index (χ1) is 6.77. The van der Waals surface area contributed by atoms with E-state index in [1.54, 1.807) is 6.07 Å². The lowest BCUT2D eigenvalue weighted by atomic mass is 10.0. The first-order valence-electron chi connectivity index (χ1n) is 4.50. The molecular weight excluding hydrogens is 192 g/mol. The Morgan fingerprint density at radius 2 is 1.79 bits per heavy atom. The molecule has 0 spiro atoms. The van der Waals surface area contributed by atoms with Crippen molar-refractivity contribution in [3.8, 4) is 11.1 Å². The van der Waals surface area contributed by atoms with Crippen molar-refractivity contribution in [2.75, 3.05) is 0 Å². The maximum absolute atomic E-state index is 6.07. The fourth-order valence-electron chi connectivity index (χ4n) is 1.38. The van der Waals surface area contributed by atoms with Crippen molar-refractivity contribution in [3.05, 3.63) is 59.1 Å². The van der Waals surface area contributed by atoms with Crippen LogP contribution < -0.4 is 0 Å². The van der Waals surface area contributed by atoms with Gasteiger partial charge in [-0.1, -0.05) is 53.6 Å². The molecule has 0 fully saturated rings. The van der Waals surface area contributed by atoms with Crippen LogP contribution >= 0.6 is 11.6 Å². The van der Waals surface area contributed by atoms with Gasteiger partial charge in [0.05, 0.1) is 0 Å². The van der Waals surface area contributed by atoms with E-state index in [-0.39, 0.29) is 0 Å². The Hall–Kier alpha value is -1.27. The summed E-state index contributed by atoms with van der Waals surface area (Å²) in [6.45, 7) is 2.07. The van der Waals surface area contributed by atoms with E-state index in [4.69, 9.17) is 11.6 Å². The Bertz CT molecular complexity index is 429. The third kappa shape index (κ3) is 1.80. The van der Waals surface area contributed by atoms with Crippen molar-refractivity contribution < 1.29 is 0 Å². The van der Waals surface area contributed by atoms with Crippen LogP contribution in [0.2, 0.25) is 5.02 Å². The van der Waals surface area contributed by atoms with Gasteiger partial charge in [-0.3, -0.25) is 0 Å². The molecule has 0 unspecified atom stereocenters. The van der Waals surface area contributed by atoms with Gasteiger partial charge < -0.3 is 0 Å². The van der Waals surface area contributed by atoms with Gasteiger partial charge in [0, 0.05) is 10.6 Å². The maximum Gasteiger partial charge on any atom is 0.0490 e. The predicted molar refractivity (Wildman–Crippen MR) is 60.5 cm³/mol. The number of hydrogen-bond acceptors (Lipinski definition) is 0. The molecule has 0 N–H and O–H groups in total. The molecule has 0 bridgehead atoms. The normalized spacial score (nSPS) is 10.1. The van der Waals surface area contributed by atoms with Crippen LogP contribution in [0, 0.1) is 13.0 Å². The van der Waals surface area contributed by atoms with Crippen LogP contribution in [0.1, 0.15) is 5.56 Å². The number of rotatable bonds is 1. The van der Waals surface area contributed by atoms with Crippen molar-refractivity contribution in [1.82, 2.24) is 0 Å². The average Bonchev–Trinajstić information content (AvgIpc) is 2.20. The van der Waals surface area contributed by atoms with Crippen LogP contribution in [0.4, 0.5) is 0 Å². The van der Waals surface area contributed by atoms with E-state index in [2.05, 4.69) is 37.3 Å². The van der Waals surface area contributed by atoms with Crippen molar-refractivity contribution in [3.63, 3.8) is 0 Å². The molecule has 2 aromatic carbocycles. The van der Waals surface area contributed by atoms with E-state index in [0.717, 1.165) is 16.1 Å². The monoisotopic (exact) mass is 201 g/mol. The Kier molecular flexibility index (Phi) is 2.55. The van der Waals surface area contributed by atoms with E-state index in [1.807, 2.05) is 12.1 Å². The summed E-state index contributed by atoms with van der Waals surface area (Å²) in [6, 6.07) is 16.9. The van der Waals surface area contributed by atoms with Crippen LogP contribution in [0.5, 0.6) is 0 Å². The molecule has 0 saturated carbocycles. The van der Waals surface area contributed by atoms with E-state index in [1.165, 1.54) is 5.56 Å². The van der Waals surface area contributed by atoms with Crippen molar-refractivity contribution >= 4 is 11.6 Å². The van der Waals surface area contributed by atoms with Gasteiger partial charge in [-0.15, -0.1) is 0 Å². The number of halogens is 1. The van der Waals surface area contributed by atoms with Gasteiger partial charge in [0.15, 0.2) is 0 Å². The van der Waals surface area contributed by atoms with E-state index in [0.29, 0.717) is 0 Å². The van der Waals surface area contributed by atoms with Crippen LogP contribution in [-0.2, 0) is 0 Å². The Morgan fingerprint density at radius 3 is 2.43 bits per heavy atom. The third-order valence-electron chi connectivity index (χ3n) is 2.18. The van der Waals surface area contributed by atoms with E-state index >= 15 is 0 Å². The zero-order chi connectivity index (χ0) is 9.97. The van der Waals surface area contributed by atoms with Crippen LogP contribution in [-0.4, -0.2) is 0 Å². The minimum Gasteiger partial charge on any atom is -0.0836 e. The molecule has 1 heteroatoms. The second-order valence-electron chi connectivity index (χ2n) is 3.27. The molecule has 0 heterocycles. The fourth-order valence-corrected chi connectivity index (χ4v) is 1.61. The van der Waals surface area contributed by atoms with Crippen LogP contribution in [0.15, 0.2) is 42.5 Å². The summed E-state index contributed by atoms with van der Waals surface area (Å²) in [4.78, 5) is 0. The SMILES string of the molecule is Cc1ccc(-c2cc[c]cc2Cl)cc1. The average molecular weight is 202 g/mol. The summed E-state index contributed by atoms with van der Waals surface area (Å²) in [7, 11) is 0. The molecule has 0 aliphatic rings. The molecule has 14 heavy (non-hydrogen) atoms. The lowest BCUT2D eigenvalue weighted by molar-refractivity contribution is 1.47. The van der Waals surface area contributed by atoms with Crippen molar-refractivity contribution in [1.29, 1.82) is 0 Å². The molecule has 69 valence electrons. The maximum atomic E-state index is 6.07. The topological polar surface area (TPSA) is 0 Å². The molecule has 0 aliphatic carbocycles. The standard InChI is InChI=1S/C13H10Cl/c1-10-6-8-11(9-7-10)12-4-2-3-5-13(12)14/h2,4-9H,1H3. The van der Waals surface area contributed by atoms with Crippen molar-refractivity contribution in [2.24, 2.45) is 0 Å². The molecule has 0 amide bonds. The lowest BCUT2D eigenvalue weighted by Gasteiger charge is -2.03. The molecule has 2 rings (SSSR count). The van der Waals surface area contributed by atoms with Gasteiger partial charge in [-0.2, -0.15) is 0 Å². The smallest absolute Gasteiger partial charge is 0.0490 e. The number of hydrogen-bond donors (Lipinski definition) is 0. The highest BCUT2D eigenvalue weighted by molar-refractivity contribution is 6.33. The minimum atomic E-state index is 0.747. The highest BCUT2D eigenvalue weighted by atomic mass is 35.5. The van der Waals surface area contributed by atoms with Gasteiger partial charge in [0.2, 0.25) is 0 Å². The third-order valence-corrected chi connectivity index (χ3v) is 2.49. The lowest BCUT2D eigenvalue weighted by Crippen LogP contribution is -1.79. The minimum absolute atomic E-state index is 0.747. The fraction of sp³-hybridized carbons (Fsp3) is 0.0769. The first-order valence-corrected chi connectivity index (χ1v) is 4.88. The second-order valence-corrected chi connectivity index (χ2v) is 3.68. The molecule has 1 radical (unpaired) electrons.